The second kappa shape index (κ2) is 14.6. The van der Waals surface area contributed by atoms with Gasteiger partial charge in [-0.15, -0.1) is 0 Å². The van der Waals surface area contributed by atoms with Crippen molar-refractivity contribution in [2.45, 2.75) is 51.1 Å². The first kappa shape index (κ1) is 33.0. The normalized spacial score (nSPS) is 12.1. The summed E-state index contributed by atoms with van der Waals surface area (Å²) in [5, 5.41) is 3.87. The van der Waals surface area contributed by atoms with Crippen molar-refractivity contribution in [3.63, 3.8) is 0 Å². The Hall–Kier alpha value is -2.49. The summed E-state index contributed by atoms with van der Waals surface area (Å²) in [7, 11) is -4.29. The molecule has 0 aliphatic heterocycles. The molecule has 220 valence electrons. The van der Waals surface area contributed by atoms with Gasteiger partial charge in [-0.25, -0.2) is 8.42 Å². The van der Waals surface area contributed by atoms with Crippen molar-refractivity contribution in [2.24, 2.45) is 0 Å². The van der Waals surface area contributed by atoms with E-state index in [4.69, 9.17) is 46.4 Å². The Morgan fingerprint density at radius 1 is 0.878 bits per heavy atom. The van der Waals surface area contributed by atoms with Crippen molar-refractivity contribution >= 4 is 73.9 Å². The molecule has 0 fully saturated rings. The first-order valence-electron chi connectivity index (χ1n) is 12.9. The van der Waals surface area contributed by atoms with Gasteiger partial charge in [0.25, 0.3) is 10.0 Å². The number of anilines is 1. The molecule has 0 unspecified atom stereocenters. The first-order chi connectivity index (χ1) is 19.4. The van der Waals surface area contributed by atoms with Gasteiger partial charge in [-0.2, -0.15) is 0 Å². The number of amides is 2. The zero-order valence-electron chi connectivity index (χ0n) is 22.8. The predicted molar refractivity (Wildman–Crippen MR) is 167 cm³/mol. The van der Waals surface area contributed by atoms with E-state index in [1.807, 2.05) is 13.8 Å². The maximum Gasteiger partial charge on any atom is 0.264 e. The molecular weight excluding hydrogens is 628 g/mol. The van der Waals surface area contributed by atoms with Crippen LogP contribution in [0.5, 0.6) is 0 Å². The van der Waals surface area contributed by atoms with E-state index in [0.717, 1.165) is 9.87 Å². The van der Waals surface area contributed by atoms with Gasteiger partial charge in [0.05, 0.1) is 15.6 Å². The Morgan fingerprint density at radius 2 is 1.51 bits per heavy atom. The lowest BCUT2D eigenvalue weighted by atomic mass is 10.1. The molecule has 0 saturated heterocycles. The van der Waals surface area contributed by atoms with Gasteiger partial charge in [0.15, 0.2) is 0 Å². The van der Waals surface area contributed by atoms with Crippen LogP contribution in [-0.2, 0) is 26.2 Å². The van der Waals surface area contributed by atoms with Crippen LogP contribution in [0, 0.1) is 6.92 Å². The minimum absolute atomic E-state index is 0.0287. The third-order valence-corrected chi connectivity index (χ3v) is 9.27. The molecule has 0 aromatic heterocycles. The number of carbonyl (C=O) groups excluding carboxylic acids is 2. The summed E-state index contributed by atoms with van der Waals surface area (Å²) < 4.78 is 28.9. The topological polar surface area (TPSA) is 86.8 Å². The van der Waals surface area contributed by atoms with Crippen LogP contribution in [-0.4, -0.2) is 44.3 Å². The van der Waals surface area contributed by atoms with Crippen LogP contribution < -0.4 is 9.62 Å². The van der Waals surface area contributed by atoms with E-state index >= 15 is 0 Å². The third kappa shape index (κ3) is 8.30. The highest BCUT2D eigenvalue weighted by Gasteiger charge is 2.34. The lowest BCUT2D eigenvalue weighted by molar-refractivity contribution is -0.140. The van der Waals surface area contributed by atoms with Gasteiger partial charge in [0, 0.05) is 28.2 Å². The number of sulfonamides is 1. The van der Waals surface area contributed by atoms with Crippen molar-refractivity contribution in [1.82, 2.24) is 10.2 Å². The molecule has 1 N–H and O–H groups in total. The SMILES string of the molecule is CCCNC(=O)[C@@H](CC)N(Cc1ccc(Cl)cc1Cl)C(=O)CN(c1cc(Cl)ccc1Cl)S(=O)(=O)c1ccc(C)cc1. The molecule has 41 heavy (non-hydrogen) atoms. The summed E-state index contributed by atoms with van der Waals surface area (Å²) in [6.07, 6.45) is 0.976. The third-order valence-electron chi connectivity index (χ3n) is 6.36. The number of hydrogen-bond acceptors (Lipinski definition) is 4. The zero-order chi connectivity index (χ0) is 30.3. The maximum atomic E-state index is 14.1. The molecular formula is C29H31Cl4N3O4S. The summed E-state index contributed by atoms with van der Waals surface area (Å²) in [4.78, 5) is 28.6. The smallest absolute Gasteiger partial charge is 0.264 e. The fourth-order valence-corrected chi connectivity index (χ4v) is 6.48. The second-order valence-corrected chi connectivity index (χ2v) is 12.9. The van der Waals surface area contributed by atoms with Crippen LogP contribution in [0.4, 0.5) is 5.69 Å². The van der Waals surface area contributed by atoms with Crippen LogP contribution in [0.1, 0.15) is 37.8 Å². The van der Waals surface area contributed by atoms with E-state index in [1.165, 1.54) is 35.2 Å². The first-order valence-corrected chi connectivity index (χ1v) is 15.9. The van der Waals surface area contributed by atoms with E-state index in [0.29, 0.717) is 28.6 Å². The molecule has 3 rings (SSSR count). The van der Waals surface area contributed by atoms with Crippen molar-refractivity contribution in [3.8, 4) is 0 Å². The summed E-state index contributed by atoms with van der Waals surface area (Å²) >= 11 is 25.2. The van der Waals surface area contributed by atoms with Gasteiger partial charge in [-0.1, -0.05) is 84.0 Å². The number of rotatable bonds is 12. The van der Waals surface area contributed by atoms with Crippen LogP contribution in [0.3, 0.4) is 0 Å². The molecule has 0 bridgehead atoms. The lowest BCUT2D eigenvalue weighted by Crippen LogP contribution is -2.52. The lowest BCUT2D eigenvalue weighted by Gasteiger charge is -2.33. The van der Waals surface area contributed by atoms with E-state index in [2.05, 4.69) is 5.32 Å². The van der Waals surface area contributed by atoms with Crippen LogP contribution >= 0.6 is 46.4 Å². The summed E-state index contributed by atoms with van der Waals surface area (Å²) in [6.45, 7) is 5.23. The molecule has 0 saturated carbocycles. The van der Waals surface area contributed by atoms with Gasteiger partial charge in [-0.05, 0) is 67.8 Å². The number of carbonyl (C=O) groups is 2. The monoisotopic (exact) mass is 657 g/mol. The summed E-state index contributed by atoms with van der Waals surface area (Å²) in [6, 6.07) is 14.5. The number of hydrogen-bond donors (Lipinski definition) is 1. The van der Waals surface area contributed by atoms with E-state index in [1.54, 1.807) is 37.3 Å². The largest absolute Gasteiger partial charge is 0.354 e. The van der Waals surface area contributed by atoms with Crippen LogP contribution in [0.15, 0.2) is 65.6 Å². The minimum atomic E-state index is -4.29. The maximum absolute atomic E-state index is 14.1. The van der Waals surface area contributed by atoms with Gasteiger partial charge >= 0.3 is 0 Å². The quantitative estimate of drug-likeness (QED) is 0.224. The summed E-state index contributed by atoms with van der Waals surface area (Å²) in [5.74, 6) is -0.997. The molecule has 0 aliphatic rings. The molecule has 0 heterocycles. The molecule has 7 nitrogen and oxygen atoms in total. The summed E-state index contributed by atoms with van der Waals surface area (Å²) in [5.41, 5.74) is 1.43. The van der Waals surface area contributed by atoms with E-state index in [9.17, 15) is 18.0 Å². The number of aryl methyl sites for hydroxylation is 1. The molecule has 3 aromatic rings. The standard InChI is InChI=1S/C29H31Cl4N3O4S/c1-4-14-34-29(38)26(5-2)35(17-20-8-9-21(30)15-25(20)33)28(37)18-36(27-16-22(31)10-13-24(27)32)41(39,40)23-11-6-19(3)7-12-23/h6-13,15-16,26H,4-5,14,17-18H2,1-3H3,(H,34,38)/t26-/m1/s1. The number of benzene rings is 3. The molecule has 0 radical (unpaired) electrons. The Kier molecular flexibility index (Phi) is 11.8. The van der Waals surface area contributed by atoms with Crippen molar-refractivity contribution < 1.29 is 18.0 Å². The average molecular weight is 659 g/mol. The molecule has 0 aliphatic carbocycles. The Bertz CT molecular complexity index is 1500. The molecule has 3 aromatic carbocycles. The van der Waals surface area contributed by atoms with Crippen molar-refractivity contribution in [1.29, 1.82) is 0 Å². The number of nitrogens with zero attached hydrogens (tertiary/aromatic N) is 2. The minimum Gasteiger partial charge on any atom is -0.354 e. The van der Waals surface area contributed by atoms with Gasteiger partial charge in [0.2, 0.25) is 11.8 Å². The average Bonchev–Trinajstić information content (AvgIpc) is 2.93. The molecule has 2 amide bonds. The number of nitrogens with one attached hydrogen (secondary N) is 1. The van der Waals surface area contributed by atoms with Crippen molar-refractivity contribution in [3.05, 3.63) is 91.9 Å². The van der Waals surface area contributed by atoms with E-state index in [-0.39, 0.29) is 39.5 Å². The Labute approximate surface area is 261 Å². The highest BCUT2D eigenvalue weighted by atomic mass is 35.5. The van der Waals surface area contributed by atoms with Crippen LogP contribution in [0.2, 0.25) is 20.1 Å². The zero-order valence-corrected chi connectivity index (χ0v) is 26.7. The van der Waals surface area contributed by atoms with Gasteiger partial charge in [-0.3, -0.25) is 13.9 Å². The molecule has 12 heteroatoms. The van der Waals surface area contributed by atoms with Gasteiger partial charge < -0.3 is 10.2 Å². The predicted octanol–water partition coefficient (Wildman–Crippen LogP) is 7.14. The van der Waals surface area contributed by atoms with Crippen molar-refractivity contribution in [2.75, 3.05) is 17.4 Å². The van der Waals surface area contributed by atoms with E-state index < -0.39 is 28.5 Å². The molecule has 0 spiro atoms. The van der Waals surface area contributed by atoms with Crippen LogP contribution in [0.25, 0.3) is 0 Å². The Balaban J connectivity index is 2.11. The fourth-order valence-electron chi connectivity index (χ4n) is 4.15. The molecule has 1 atom stereocenters. The highest BCUT2D eigenvalue weighted by Crippen LogP contribution is 2.33. The Morgan fingerprint density at radius 3 is 2.12 bits per heavy atom. The number of halogens is 4. The highest BCUT2D eigenvalue weighted by molar-refractivity contribution is 7.92. The fraction of sp³-hybridized carbons (Fsp3) is 0.310. The second-order valence-electron chi connectivity index (χ2n) is 9.39. The van der Waals surface area contributed by atoms with Gasteiger partial charge in [0.1, 0.15) is 12.6 Å².